The average Bonchev–Trinajstić information content (AvgIpc) is 3.39. The van der Waals surface area contributed by atoms with Gasteiger partial charge in [-0.2, -0.15) is 13.2 Å². The fourth-order valence-corrected chi connectivity index (χ4v) is 5.04. The minimum Gasteiger partial charge on any atom is -0.494 e. The lowest BCUT2D eigenvalue weighted by atomic mass is 9.87. The van der Waals surface area contributed by atoms with E-state index in [4.69, 9.17) is 14.9 Å². The topological polar surface area (TPSA) is 115 Å². The van der Waals surface area contributed by atoms with Crippen LogP contribution in [0.15, 0.2) is 46.9 Å². The third-order valence-corrected chi connectivity index (χ3v) is 7.20. The Hall–Kier alpha value is -4.10. The summed E-state index contributed by atoms with van der Waals surface area (Å²) in [5.74, 6) is -2.25. The molecular weight excluding hydrogens is 551 g/mol. The predicted molar refractivity (Wildman–Crippen MR) is 137 cm³/mol. The molecule has 4 aromatic rings. The highest BCUT2D eigenvalue weighted by molar-refractivity contribution is 5.98. The van der Waals surface area contributed by atoms with Gasteiger partial charge in [0.1, 0.15) is 28.6 Å². The molecule has 2 aromatic heterocycles. The van der Waals surface area contributed by atoms with E-state index in [2.05, 4.69) is 9.97 Å². The molecule has 0 aliphatic carbocycles. The van der Waals surface area contributed by atoms with Crippen molar-refractivity contribution in [3.05, 3.63) is 76.8 Å². The van der Waals surface area contributed by atoms with Gasteiger partial charge in [-0.1, -0.05) is 6.07 Å². The number of hydrogen-bond acceptors (Lipinski definition) is 7. The zero-order valence-corrected chi connectivity index (χ0v) is 21.7. The number of aromatic nitrogens is 2. The smallest absolute Gasteiger partial charge is 0.433 e. The normalized spacial score (nSPS) is 15.4. The third kappa shape index (κ3) is 5.46. The summed E-state index contributed by atoms with van der Waals surface area (Å²) in [6.45, 7) is 0.286. The molecule has 1 aliphatic rings. The van der Waals surface area contributed by atoms with Gasteiger partial charge in [0.05, 0.1) is 19.8 Å². The van der Waals surface area contributed by atoms with E-state index in [0.29, 0.717) is 24.5 Å². The van der Waals surface area contributed by atoms with E-state index in [1.807, 2.05) is 0 Å². The summed E-state index contributed by atoms with van der Waals surface area (Å²) in [5.41, 5.74) is 4.91. The number of ether oxygens (including phenoxy) is 1. The SMILES string of the molecule is COc1ccc(-c2nc(C(=O)N3CCC(C(O)c4ccc(F)cc4F)CC3)c(CN)o2)c2ccc(C(F)(F)F)nc12. The number of amides is 1. The van der Waals surface area contributed by atoms with Gasteiger partial charge >= 0.3 is 6.18 Å². The van der Waals surface area contributed by atoms with Crippen LogP contribution in [0, 0.1) is 17.6 Å². The molecule has 3 N–H and O–H groups in total. The number of alkyl halides is 3. The number of carbonyl (C=O) groups is 1. The number of likely N-dealkylation sites (tertiary alicyclic amines) is 1. The first-order valence-electron chi connectivity index (χ1n) is 12.7. The number of pyridine rings is 1. The van der Waals surface area contributed by atoms with Crippen molar-refractivity contribution in [3.63, 3.8) is 0 Å². The van der Waals surface area contributed by atoms with Crippen molar-refractivity contribution in [3.8, 4) is 17.2 Å². The van der Waals surface area contributed by atoms with Gasteiger partial charge in [-0.15, -0.1) is 0 Å². The Kier molecular flexibility index (Phi) is 7.66. The molecule has 1 atom stereocenters. The molecule has 0 bridgehead atoms. The standard InChI is InChI=1S/C28H25F5N4O4/c1-40-20-6-4-17(16-5-7-22(28(31,32)33)35-23(16)20)26-36-24(21(13-34)41-26)27(39)37-10-8-14(9-11-37)25(38)18-3-2-15(29)12-19(18)30/h2-7,12,14,25,38H,8-11,13,34H2,1H3. The summed E-state index contributed by atoms with van der Waals surface area (Å²) in [7, 11) is 1.31. The van der Waals surface area contributed by atoms with Gasteiger partial charge in [0.25, 0.3) is 5.91 Å². The number of fused-ring (bicyclic) bond motifs is 1. The van der Waals surface area contributed by atoms with Crippen LogP contribution < -0.4 is 10.5 Å². The van der Waals surface area contributed by atoms with Crippen molar-refractivity contribution in [1.29, 1.82) is 0 Å². The Morgan fingerprint density at radius 1 is 1.15 bits per heavy atom. The molecule has 0 radical (unpaired) electrons. The fraction of sp³-hybridized carbons (Fsp3) is 0.321. The minimum atomic E-state index is -4.67. The largest absolute Gasteiger partial charge is 0.494 e. The number of aliphatic hydroxyl groups excluding tert-OH is 1. The van der Waals surface area contributed by atoms with Gasteiger partial charge in [0.2, 0.25) is 5.89 Å². The van der Waals surface area contributed by atoms with E-state index in [-0.39, 0.29) is 65.1 Å². The number of benzene rings is 2. The van der Waals surface area contributed by atoms with Gasteiger partial charge in [-0.05, 0) is 49.1 Å². The molecule has 1 amide bonds. The van der Waals surface area contributed by atoms with Crippen LogP contribution in [0.5, 0.6) is 5.75 Å². The molecule has 1 saturated heterocycles. The second-order valence-corrected chi connectivity index (χ2v) is 9.64. The Bertz CT molecular complexity index is 1600. The second-order valence-electron chi connectivity index (χ2n) is 9.64. The number of piperidine rings is 1. The van der Waals surface area contributed by atoms with E-state index in [9.17, 15) is 31.9 Å². The molecule has 13 heteroatoms. The zero-order chi connectivity index (χ0) is 29.5. The van der Waals surface area contributed by atoms with Crippen LogP contribution in [-0.2, 0) is 12.7 Å². The number of nitrogens with two attached hydrogens (primary N) is 1. The van der Waals surface area contributed by atoms with E-state index < -0.39 is 35.5 Å². The number of aliphatic hydroxyl groups is 1. The van der Waals surface area contributed by atoms with Crippen LogP contribution >= 0.6 is 0 Å². The van der Waals surface area contributed by atoms with Crippen molar-refractivity contribution in [2.75, 3.05) is 20.2 Å². The molecule has 1 unspecified atom stereocenters. The maximum atomic E-state index is 14.2. The first-order valence-corrected chi connectivity index (χ1v) is 12.7. The van der Waals surface area contributed by atoms with E-state index in [1.165, 1.54) is 36.3 Å². The monoisotopic (exact) mass is 576 g/mol. The van der Waals surface area contributed by atoms with Gasteiger partial charge in [0.15, 0.2) is 11.5 Å². The van der Waals surface area contributed by atoms with Crippen LogP contribution in [-0.4, -0.2) is 46.1 Å². The first-order chi connectivity index (χ1) is 19.5. The lowest BCUT2D eigenvalue weighted by Gasteiger charge is -2.34. The summed E-state index contributed by atoms with van der Waals surface area (Å²) < 4.78 is 78.3. The van der Waals surface area contributed by atoms with Crippen LogP contribution in [0.25, 0.3) is 22.4 Å². The Morgan fingerprint density at radius 2 is 1.88 bits per heavy atom. The summed E-state index contributed by atoms with van der Waals surface area (Å²) in [4.78, 5) is 23.0. The average molecular weight is 577 g/mol. The molecule has 1 fully saturated rings. The number of halogens is 5. The van der Waals surface area contributed by atoms with Crippen molar-refractivity contribution in [1.82, 2.24) is 14.9 Å². The van der Waals surface area contributed by atoms with Gasteiger partial charge < -0.3 is 24.9 Å². The number of carbonyl (C=O) groups excluding carboxylic acids is 1. The maximum absolute atomic E-state index is 14.2. The van der Waals surface area contributed by atoms with Crippen molar-refractivity contribution < 1.29 is 41.0 Å². The Morgan fingerprint density at radius 3 is 2.51 bits per heavy atom. The van der Waals surface area contributed by atoms with E-state index >= 15 is 0 Å². The van der Waals surface area contributed by atoms with Crippen LogP contribution in [0.3, 0.4) is 0 Å². The van der Waals surface area contributed by atoms with Crippen LogP contribution in [0.1, 0.15) is 46.5 Å². The summed E-state index contributed by atoms with van der Waals surface area (Å²) in [6.07, 6.45) is -5.13. The minimum absolute atomic E-state index is 0.00806. The Labute approximate surface area is 230 Å². The molecule has 41 heavy (non-hydrogen) atoms. The molecule has 216 valence electrons. The maximum Gasteiger partial charge on any atom is 0.433 e. The van der Waals surface area contributed by atoms with E-state index in [1.54, 1.807) is 0 Å². The lowest BCUT2D eigenvalue weighted by molar-refractivity contribution is -0.140. The number of hydrogen-bond donors (Lipinski definition) is 2. The quantitative estimate of drug-likeness (QED) is 0.302. The van der Waals surface area contributed by atoms with Gasteiger partial charge in [-0.3, -0.25) is 4.79 Å². The number of oxazole rings is 1. The zero-order valence-electron chi connectivity index (χ0n) is 21.7. The molecule has 0 spiro atoms. The molecule has 3 heterocycles. The molecular formula is C28H25F5N4O4. The number of nitrogens with zero attached hydrogens (tertiary/aromatic N) is 3. The Balaban J connectivity index is 1.39. The van der Waals surface area contributed by atoms with Crippen molar-refractivity contribution in [2.45, 2.75) is 31.7 Å². The highest BCUT2D eigenvalue weighted by atomic mass is 19.4. The summed E-state index contributed by atoms with van der Waals surface area (Å²) in [6, 6.07) is 8.03. The predicted octanol–water partition coefficient (Wildman–Crippen LogP) is 5.24. The third-order valence-electron chi connectivity index (χ3n) is 7.20. The molecule has 2 aromatic carbocycles. The molecule has 1 aliphatic heterocycles. The molecule has 8 nitrogen and oxygen atoms in total. The summed E-state index contributed by atoms with van der Waals surface area (Å²) in [5, 5.41) is 10.9. The second kappa shape index (κ2) is 11.1. The lowest BCUT2D eigenvalue weighted by Crippen LogP contribution is -2.40. The van der Waals surface area contributed by atoms with Crippen molar-refractivity contribution in [2.24, 2.45) is 11.7 Å². The molecule has 0 saturated carbocycles. The molecule has 5 rings (SSSR count). The van der Waals surface area contributed by atoms with Crippen LogP contribution in [0.4, 0.5) is 22.0 Å². The van der Waals surface area contributed by atoms with Gasteiger partial charge in [0, 0.05) is 35.7 Å². The van der Waals surface area contributed by atoms with Crippen LogP contribution in [0.2, 0.25) is 0 Å². The van der Waals surface area contributed by atoms with Gasteiger partial charge in [-0.25, -0.2) is 18.7 Å². The number of methoxy groups -OCH3 is 1. The van der Waals surface area contributed by atoms with Crippen molar-refractivity contribution >= 4 is 16.8 Å². The summed E-state index contributed by atoms with van der Waals surface area (Å²) >= 11 is 0. The fourth-order valence-electron chi connectivity index (χ4n) is 5.04. The first kappa shape index (κ1) is 28.4. The number of rotatable bonds is 6. The highest BCUT2D eigenvalue weighted by Gasteiger charge is 2.34. The van der Waals surface area contributed by atoms with E-state index in [0.717, 1.165) is 12.1 Å². The highest BCUT2D eigenvalue weighted by Crippen LogP contribution is 2.38.